The van der Waals surface area contributed by atoms with Crippen molar-refractivity contribution in [2.45, 2.75) is 25.5 Å². The van der Waals surface area contributed by atoms with Crippen molar-refractivity contribution in [2.75, 3.05) is 53.6 Å². The minimum absolute atomic E-state index is 0.372. The molecule has 0 saturated carbocycles. The standard InChI is InChI=1S/C13H28N2O3/c1-11-9-15(2)5-4-13(11)14-8-12(16)10-18-7-6-17-3/h11-14,16H,4-10H2,1-3H3. The van der Waals surface area contributed by atoms with Crippen LogP contribution in [0.15, 0.2) is 0 Å². The first-order valence-electron chi connectivity index (χ1n) is 6.80. The van der Waals surface area contributed by atoms with Gasteiger partial charge in [-0.05, 0) is 25.9 Å². The first kappa shape index (κ1) is 15.9. The Morgan fingerprint density at radius 2 is 2.22 bits per heavy atom. The Hall–Kier alpha value is -0.200. The van der Waals surface area contributed by atoms with Crippen LogP contribution < -0.4 is 5.32 Å². The summed E-state index contributed by atoms with van der Waals surface area (Å²) in [4.78, 5) is 2.35. The molecule has 108 valence electrons. The number of hydrogen-bond donors (Lipinski definition) is 2. The van der Waals surface area contributed by atoms with E-state index in [0.29, 0.717) is 38.3 Å². The highest BCUT2D eigenvalue weighted by molar-refractivity contribution is 4.82. The van der Waals surface area contributed by atoms with E-state index >= 15 is 0 Å². The van der Waals surface area contributed by atoms with Crippen molar-refractivity contribution in [3.8, 4) is 0 Å². The second kappa shape index (κ2) is 8.82. The van der Waals surface area contributed by atoms with Crippen molar-refractivity contribution < 1.29 is 14.6 Å². The third-order valence-corrected chi connectivity index (χ3v) is 3.47. The quantitative estimate of drug-likeness (QED) is 0.599. The highest BCUT2D eigenvalue weighted by Gasteiger charge is 2.24. The number of piperidine rings is 1. The van der Waals surface area contributed by atoms with Gasteiger partial charge in [0, 0.05) is 26.2 Å². The fourth-order valence-corrected chi connectivity index (χ4v) is 2.37. The van der Waals surface area contributed by atoms with Crippen LogP contribution in [0.2, 0.25) is 0 Å². The molecule has 5 nitrogen and oxygen atoms in total. The topological polar surface area (TPSA) is 54.0 Å². The Morgan fingerprint density at radius 3 is 2.89 bits per heavy atom. The second-order valence-electron chi connectivity index (χ2n) is 5.26. The van der Waals surface area contributed by atoms with Crippen molar-refractivity contribution in [1.29, 1.82) is 0 Å². The highest BCUT2D eigenvalue weighted by Crippen LogP contribution is 2.15. The van der Waals surface area contributed by atoms with Gasteiger partial charge in [-0.2, -0.15) is 0 Å². The van der Waals surface area contributed by atoms with Crippen molar-refractivity contribution in [2.24, 2.45) is 5.92 Å². The zero-order valence-corrected chi connectivity index (χ0v) is 11.9. The Labute approximate surface area is 110 Å². The molecule has 0 aromatic carbocycles. The molecule has 0 aromatic heterocycles. The third-order valence-electron chi connectivity index (χ3n) is 3.47. The fourth-order valence-electron chi connectivity index (χ4n) is 2.37. The van der Waals surface area contributed by atoms with Crippen LogP contribution in [0.4, 0.5) is 0 Å². The summed E-state index contributed by atoms with van der Waals surface area (Å²) >= 11 is 0. The normalized spacial score (nSPS) is 27.3. The number of aliphatic hydroxyl groups excluding tert-OH is 1. The lowest BCUT2D eigenvalue weighted by molar-refractivity contribution is 0.0112. The minimum atomic E-state index is -0.436. The summed E-state index contributed by atoms with van der Waals surface area (Å²) in [6.45, 7) is 6.60. The van der Waals surface area contributed by atoms with Crippen LogP contribution in [0.25, 0.3) is 0 Å². The Morgan fingerprint density at radius 1 is 1.44 bits per heavy atom. The maximum atomic E-state index is 9.78. The second-order valence-corrected chi connectivity index (χ2v) is 5.26. The van der Waals surface area contributed by atoms with E-state index in [4.69, 9.17) is 9.47 Å². The molecule has 2 N–H and O–H groups in total. The van der Waals surface area contributed by atoms with E-state index in [9.17, 15) is 5.11 Å². The molecule has 0 aromatic rings. The van der Waals surface area contributed by atoms with E-state index in [0.717, 1.165) is 19.5 Å². The fraction of sp³-hybridized carbons (Fsp3) is 1.00. The van der Waals surface area contributed by atoms with Crippen LogP contribution in [0.5, 0.6) is 0 Å². The average Bonchev–Trinajstić information content (AvgIpc) is 2.33. The van der Waals surface area contributed by atoms with Gasteiger partial charge in [-0.1, -0.05) is 6.92 Å². The summed E-state index contributed by atoms with van der Waals surface area (Å²) in [7, 11) is 3.80. The first-order valence-corrected chi connectivity index (χ1v) is 6.80. The first-order chi connectivity index (χ1) is 8.63. The number of methoxy groups -OCH3 is 1. The molecule has 1 heterocycles. The number of nitrogens with zero attached hydrogens (tertiary/aromatic N) is 1. The van der Waals surface area contributed by atoms with Gasteiger partial charge in [0.2, 0.25) is 0 Å². The molecule has 3 atom stereocenters. The zero-order valence-electron chi connectivity index (χ0n) is 11.9. The van der Waals surface area contributed by atoms with Gasteiger partial charge in [-0.3, -0.25) is 0 Å². The van der Waals surface area contributed by atoms with E-state index in [1.54, 1.807) is 7.11 Å². The lowest BCUT2D eigenvalue weighted by Crippen LogP contribution is -2.49. The maximum Gasteiger partial charge on any atom is 0.0897 e. The van der Waals surface area contributed by atoms with Gasteiger partial charge in [0.15, 0.2) is 0 Å². The minimum Gasteiger partial charge on any atom is -0.389 e. The monoisotopic (exact) mass is 260 g/mol. The van der Waals surface area contributed by atoms with Gasteiger partial charge < -0.3 is 24.8 Å². The van der Waals surface area contributed by atoms with Crippen LogP contribution in [-0.4, -0.2) is 75.8 Å². The molecule has 1 saturated heterocycles. The van der Waals surface area contributed by atoms with Crippen molar-refractivity contribution in [1.82, 2.24) is 10.2 Å². The largest absolute Gasteiger partial charge is 0.389 e. The Bertz CT molecular complexity index is 216. The molecule has 0 bridgehead atoms. The SMILES string of the molecule is COCCOCC(O)CNC1CCN(C)CC1C. The smallest absolute Gasteiger partial charge is 0.0897 e. The molecule has 18 heavy (non-hydrogen) atoms. The van der Waals surface area contributed by atoms with Crippen molar-refractivity contribution >= 4 is 0 Å². The molecule has 3 unspecified atom stereocenters. The molecule has 1 rings (SSSR count). The van der Waals surface area contributed by atoms with E-state index in [-0.39, 0.29) is 0 Å². The lowest BCUT2D eigenvalue weighted by atomic mass is 9.94. The number of hydrogen-bond acceptors (Lipinski definition) is 5. The van der Waals surface area contributed by atoms with Crippen LogP contribution in [-0.2, 0) is 9.47 Å². The predicted octanol–water partition coefficient (Wildman–Crippen LogP) is -0.0599. The molecular formula is C13H28N2O3. The van der Waals surface area contributed by atoms with Crippen LogP contribution >= 0.6 is 0 Å². The van der Waals surface area contributed by atoms with Crippen molar-refractivity contribution in [3.63, 3.8) is 0 Å². The van der Waals surface area contributed by atoms with Gasteiger partial charge in [0.25, 0.3) is 0 Å². The molecular weight excluding hydrogens is 232 g/mol. The summed E-state index contributed by atoms with van der Waals surface area (Å²) in [5, 5.41) is 13.2. The van der Waals surface area contributed by atoms with E-state index in [2.05, 4.69) is 24.2 Å². The van der Waals surface area contributed by atoms with Gasteiger partial charge in [0.05, 0.1) is 25.9 Å². The average molecular weight is 260 g/mol. The van der Waals surface area contributed by atoms with Gasteiger partial charge in [0.1, 0.15) is 0 Å². The number of nitrogens with one attached hydrogen (secondary N) is 1. The highest BCUT2D eigenvalue weighted by atomic mass is 16.5. The number of rotatable bonds is 8. The van der Waals surface area contributed by atoms with Crippen LogP contribution in [0, 0.1) is 5.92 Å². The zero-order chi connectivity index (χ0) is 13.4. The lowest BCUT2D eigenvalue weighted by Gasteiger charge is -2.35. The van der Waals surface area contributed by atoms with E-state index < -0.39 is 6.10 Å². The van der Waals surface area contributed by atoms with Gasteiger partial charge >= 0.3 is 0 Å². The summed E-state index contributed by atoms with van der Waals surface area (Å²) in [5.41, 5.74) is 0. The number of aliphatic hydroxyl groups is 1. The third kappa shape index (κ3) is 6.11. The molecule has 1 fully saturated rings. The Balaban J connectivity index is 2.08. The van der Waals surface area contributed by atoms with Gasteiger partial charge in [-0.15, -0.1) is 0 Å². The molecule has 0 spiro atoms. The van der Waals surface area contributed by atoms with E-state index in [1.807, 2.05) is 0 Å². The number of likely N-dealkylation sites (tertiary alicyclic amines) is 1. The molecule has 5 heteroatoms. The molecule has 1 aliphatic heterocycles. The maximum absolute atomic E-state index is 9.78. The summed E-state index contributed by atoms with van der Waals surface area (Å²) < 4.78 is 10.2. The summed E-state index contributed by atoms with van der Waals surface area (Å²) in [6, 6.07) is 0.509. The van der Waals surface area contributed by atoms with Crippen molar-refractivity contribution in [3.05, 3.63) is 0 Å². The van der Waals surface area contributed by atoms with Crippen LogP contribution in [0.1, 0.15) is 13.3 Å². The number of ether oxygens (including phenoxy) is 2. The molecule has 0 amide bonds. The van der Waals surface area contributed by atoms with Crippen LogP contribution in [0.3, 0.4) is 0 Å². The van der Waals surface area contributed by atoms with E-state index in [1.165, 1.54) is 0 Å². The summed E-state index contributed by atoms with van der Waals surface area (Å²) in [5.74, 6) is 0.630. The summed E-state index contributed by atoms with van der Waals surface area (Å²) in [6.07, 6.45) is 0.711. The Kier molecular flexibility index (Phi) is 7.77. The molecule has 0 aliphatic carbocycles. The predicted molar refractivity (Wildman–Crippen MR) is 71.8 cm³/mol. The molecule has 1 aliphatic rings. The molecule has 0 radical (unpaired) electrons. The van der Waals surface area contributed by atoms with Gasteiger partial charge in [-0.25, -0.2) is 0 Å².